The Kier molecular flexibility index (Phi) is 3.44. The molecule has 88 valence electrons. The third kappa shape index (κ3) is 2.83. The number of anilines is 1. The van der Waals surface area contributed by atoms with Crippen molar-refractivity contribution in [3.05, 3.63) is 39.7 Å². The molecule has 4 nitrogen and oxygen atoms in total. The summed E-state index contributed by atoms with van der Waals surface area (Å²) in [5, 5.41) is -0.0272. The highest BCUT2D eigenvalue weighted by molar-refractivity contribution is 9.10. The largest absolute Gasteiger partial charge is 0.438 e. The third-order valence-electron chi connectivity index (χ3n) is 1.84. The van der Waals surface area contributed by atoms with Gasteiger partial charge in [0.05, 0.1) is 15.7 Å². The van der Waals surface area contributed by atoms with Crippen molar-refractivity contribution < 1.29 is 9.13 Å². The summed E-state index contributed by atoms with van der Waals surface area (Å²) < 4.78 is 18.9. The van der Waals surface area contributed by atoms with Crippen molar-refractivity contribution in [2.75, 3.05) is 5.73 Å². The minimum Gasteiger partial charge on any atom is -0.438 e. The Hall–Kier alpha value is -1.40. The summed E-state index contributed by atoms with van der Waals surface area (Å²) in [6, 6.07) is 3.99. The highest BCUT2D eigenvalue weighted by Gasteiger charge is 2.08. The molecule has 0 amide bonds. The molecule has 0 saturated heterocycles. The van der Waals surface area contributed by atoms with Crippen LogP contribution in [0.15, 0.2) is 28.9 Å². The van der Waals surface area contributed by atoms with Crippen LogP contribution in [0, 0.1) is 5.82 Å². The molecule has 0 atom stereocenters. The molecular formula is C10H6BrClFN3O. The Bertz CT molecular complexity index is 567. The maximum atomic E-state index is 12.9. The summed E-state index contributed by atoms with van der Waals surface area (Å²) in [5.74, 6) is 0.159. The monoisotopic (exact) mass is 317 g/mol. The molecule has 0 unspecified atom stereocenters. The van der Waals surface area contributed by atoms with Crippen LogP contribution in [0.1, 0.15) is 0 Å². The van der Waals surface area contributed by atoms with Gasteiger partial charge < -0.3 is 10.5 Å². The van der Waals surface area contributed by atoms with Crippen molar-refractivity contribution in [3.63, 3.8) is 0 Å². The topological polar surface area (TPSA) is 61.0 Å². The highest BCUT2D eigenvalue weighted by atomic mass is 79.9. The average Bonchev–Trinajstić information content (AvgIpc) is 2.29. The molecule has 1 aromatic carbocycles. The van der Waals surface area contributed by atoms with Gasteiger partial charge in [0.2, 0.25) is 11.8 Å². The molecule has 0 fully saturated rings. The van der Waals surface area contributed by atoms with Crippen molar-refractivity contribution >= 4 is 33.5 Å². The molecule has 1 aromatic heterocycles. The SMILES string of the molecule is Nc1ncc(Br)c(Oc2ccc(F)c(Cl)c2)n1. The number of hydrogen-bond acceptors (Lipinski definition) is 4. The van der Waals surface area contributed by atoms with Gasteiger partial charge >= 0.3 is 0 Å². The smallest absolute Gasteiger partial charge is 0.238 e. The van der Waals surface area contributed by atoms with Gasteiger partial charge in [0.1, 0.15) is 11.6 Å². The lowest BCUT2D eigenvalue weighted by molar-refractivity contribution is 0.457. The summed E-state index contributed by atoms with van der Waals surface area (Å²) in [6.45, 7) is 0. The highest BCUT2D eigenvalue weighted by Crippen LogP contribution is 2.29. The van der Waals surface area contributed by atoms with Gasteiger partial charge in [0.15, 0.2) is 0 Å². The third-order valence-corrected chi connectivity index (χ3v) is 2.67. The van der Waals surface area contributed by atoms with Crippen LogP contribution in [0.25, 0.3) is 0 Å². The second kappa shape index (κ2) is 4.85. The second-order valence-corrected chi connectivity index (χ2v) is 4.32. The lowest BCUT2D eigenvalue weighted by Gasteiger charge is -2.07. The molecule has 0 radical (unpaired) electrons. The summed E-state index contributed by atoms with van der Waals surface area (Å²) in [4.78, 5) is 7.65. The van der Waals surface area contributed by atoms with E-state index in [0.717, 1.165) is 0 Å². The minimum absolute atomic E-state index is 0.0272. The zero-order valence-corrected chi connectivity index (χ0v) is 10.7. The molecular weight excluding hydrogens is 312 g/mol. The van der Waals surface area contributed by atoms with Crippen molar-refractivity contribution in [2.24, 2.45) is 0 Å². The maximum absolute atomic E-state index is 12.9. The normalized spacial score (nSPS) is 10.3. The Morgan fingerprint density at radius 1 is 1.41 bits per heavy atom. The molecule has 0 aliphatic rings. The Balaban J connectivity index is 2.31. The van der Waals surface area contributed by atoms with Gasteiger partial charge in [-0.25, -0.2) is 9.37 Å². The van der Waals surface area contributed by atoms with Crippen molar-refractivity contribution in [1.82, 2.24) is 9.97 Å². The average molecular weight is 319 g/mol. The van der Waals surface area contributed by atoms with Gasteiger partial charge in [-0.2, -0.15) is 4.98 Å². The molecule has 2 rings (SSSR count). The summed E-state index contributed by atoms with van der Waals surface area (Å²) in [7, 11) is 0. The molecule has 2 N–H and O–H groups in total. The van der Waals surface area contributed by atoms with Crippen LogP contribution >= 0.6 is 27.5 Å². The van der Waals surface area contributed by atoms with E-state index in [9.17, 15) is 4.39 Å². The maximum Gasteiger partial charge on any atom is 0.238 e. The number of nitrogen functional groups attached to an aromatic ring is 1. The second-order valence-electron chi connectivity index (χ2n) is 3.06. The Morgan fingerprint density at radius 3 is 2.88 bits per heavy atom. The van der Waals surface area contributed by atoms with Crippen LogP contribution < -0.4 is 10.5 Å². The number of hydrogen-bond donors (Lipinski definition) is 1. The van der Waals surface area contributed by atoms with Crippen LogP contribution in [0.3, 0.4) is 0 Å². The zero-order valence-electron chi connectivity index (χ0n) is 8.32. The van der Waals surface area contributed by atoms with Crippen LogP contribution in [0.2, 0.25) is 5.02 Å². The number of ether oxygens (including phenoxy) is 1. The van der Waals surface area contributed by atoms with E-state index in [4.69, 9.17) is 22.1 Å². The zero-order chi connectivity index (χ0) is 12.4. The van der Waals surface area contributed by atoms with Gasteiger partial charge in [-0.3, -0.25) is 0 Å². The summed E-state index contributed by atoms with van der Waals surface area (Å²) in [5.41, 5.74) is 5.43. The lowest BCUT2D eigenvalue weighted by atomic mass is 10.3. The first kappa shape index (κ1) is 12.1. The molecule has 7 heteroatoms. The van der Waals surface area contributed by atoms with Crippen LogP contribution in [0.5, 0.6) is 11.6 Å². The fraction of sp³-hybridized carbons (Fsp3) is 0. The van der Waals surface area contributed by atoms with E-state index in [1.165, 1.54) is 24.4 Å². The molecule has 1 heterocycles. The van der Waals surface area contributed by atoms with Crippen LogP contribution in [-0.2, 0) is 0 Å². The quantitative estimate of drug-likeness (QED) is 0.922. The van der Waals surface area contributed by atoms with E-state index in [2.05, 4.69) is 25.9 Å². The van der Waals surface area contributed by atoms with Crippen LogP contribution in [-0.4, -0.2) is 9.97 Å². The first-order chi connectivity index (χ1) is 8.06. The number of benzene rings is 1. The molecule has 0 aliphatic heterocycles. The first-order valence-corrected chi connectivity index (χ1v) is 5.64. The summed E-state index contributed by atoms with van der Waals surface area (Å²) >= 11 is 8.84. The van der Waals surface area contributed by atoms with E-state index in [-0.39, 0.29) is 16.9 Å². The number of nitrogens with two attached hydrogens (primary N) is 1. The standard InChI is InChI=1S/C10H6BrClFN3O/c11-6-4-15-10(14)16-9(6)17-5-1-2-8(13)7(12)3-5/h1-4H,(H2,14,15,16). The molecule has 2 aromatic rings. The molecule has 0 bridgehead atoms. The fourth-order valence-electron chi connectivity index (χ4n) is 1.09. The molecule has 0 saturated carbocycles. The number of halogens is 3. The molecule has 0 spiro atoms. The Labute approximate surface area is 110 Å². The fourth-order valence-corrected chi connectivity index (χ4v) is 1.53. The van der Waals surface area contributed by atoms with E-state index >= 15 is 0 Å². The van der Waals surface area contributed by atoms with Gasteiger partial charge in [-0.1, -0.05) is 11.6 Å². The van der Waals surface area contributed by atoms with Crippen molar-refractivity contribution in [2.45, 2.75) is 0 Å². The minimum atomic E-state index is -0.514. The van der Waals surface area contributed by atoms with E-state index in [1.54, 1.807) is 0 Å². The molecule has 17 heavy (non-hydrogen) atoms. The van der Waals surface area contributed by atoms with Crippen molar-refractivity contribution in [3.8, 4) is 11.6 Å². The van der Waals surface area contributed by atoms with Gasteiger partial charge in [0.25, 0.3) is 0 Å². The first-order valence-electron chi connectivity index (χ1n) is 4.47. The van der Waals surface area contributed by atoms with Gasteiger partial charge in [0, 0.05) is 6.07 Å². The van der Waals surface area contributed by atoms with E-state index < -0.39 is 5.82 Å². The molecule has 0 aliphatic carbocycles. The van der Waals surface area contributed by atoms with Gasteiger partial charge in [-0.05, 0) is 28.1 Å². The number of aromatic nitrogens is 2. The Morgan fingerprint density at radius 2 is 2.18 bits per heavy atom. The van der Waals surface area contributed by atoms with E-state index in [1.807, 2.05) is 0 Å². The number of nitrogens with zero attached hydrogens (tertiary/aromatic N) is 2. The van der Waals surface area contributed by atoms with Gasteiger partial charge in [-0.15, -0.1) is 0 Å². The number of rotatable bonds is 2. The predicted octanol–water partition coefficient (Wildman–Crippen LogP) is 3.41. The lowest BCUT2D eigenvalue weighted by Crippen LogP contribution is -1.97. The van der Waals surface area contributed by atoms with E-state index in [0.29, 0.717) is 10.2 Å². The summed E-state index contributed by atoms with van der Waals surface area (Å²) in [6.07, 6.45) is 1.46. The van der Waals surface area contributed by atoms with Crippen LogP contribution in [0.4, 0.5) is 10.3 Å². The van der Waals surface area contributed by atoms with Crippen molar-refractivity contribution in [1.29, 1.82) is 0 Å². The predicted molar refractivity (Wildman–Crippen MR) is 65.6 cm³/mol.